The molecule has 0 saturated heterocycles. The Morgan fingerprint density at radius 1 is 1.09 bits per heavy atom. The molecular formula is C19H17N3O. The van der Waals surface area contributed by atoms with Gasteiger partial charge in [-0.1, -0.05) is 55.5 Å². The van der Waals surface area contributed by atoms with Gasteiger partial charge in [-0.25, -0.2) is 4.98 Å². The number of fused-ring (bicyclic) bond motifs is 1. The largest absolute Gasteiger partial charge is 0.282 e. The predicted molar refractivity (Wildman–Crippen MR) is 94.7 cm³/mol. The molecule has 0 fully saturated rings. The van der Waals surface area contributed by atoms with Crippen molar-refractivity contribution in [3.63, 3.8) is 0 Å². The maximum Gasteiger partial charge on any atom is 0.282 e. The van der Waals surface area contributed by atoms with Gasteiger partial charge in [0.25, 0.3) is 5.56 Å². The zero-order valence-electron chi connectivity index (χ0n) is 12.9. The van der Waals surface area contributed by atoms with Crippen molar-refractivity contribution in [1.29, 1.82) is 0 Å². The lowest BCUT2D eigenvalue weighted by molar-refractivity contribution is 0.735. The number of aromatic nitrogens is 2. The molecule has 3 rings (SSSR count). The molecule has 0 aliphatic rings. The van der Waals surface area contributed by atoms with Gasteiger partial charge in [0, 0.05) is 12.6 Å². The van der Waals surface area contributed by atoms with Crippen molar-refractivity contribution in [2.24, 2.45) is 5.10 Å². The van der Waals surface area contributed by atoms with Crippen LogP contribution in [0, 0.1) is 0 Å². The third-order valence-electron chi connectivity index (χ3n) is 3.49. The molecule has 0 atom stereocenters. The Morgan fingerprint density at radius 3 is 2.61 bits per heavy atom. The van der Waals surface area contributed by atoms with Gasteiger partial charge < -0.3 is 0 Å². The second-order valence-corrected chi connectivity index (χ2v) is 5.05. The zero-order valence-corrected chi connectivity index (χ0v) is 12.9. The lowest BCUT2D eigenvalue weighted by atomic mass is 10.2. The number of nitrogens with zero attached hydrogens (tertiary/aromatic N) is 3. The van der Waals surface area contributed by atoms with Gasteiger partial charge in [-0.3, -0.25) is 4.79 Å². The summed E-state index contributed by atoms with van der Waals surface area (Å²) >= 11 is 0. The van der Waals surface area contributed by atoms with Crippen molar-refractivity contribution >= 4 is 23.2 Å². The summed E-state index contributed by atoms with van der Waals surface area (Å²) in [6, 6.07) is 17.3. The minimum absolute atomic E-state index is 0.142. The molecule has 0 unspecified atom stereocenters. The van der Waals surface area contributed by atoms with Gasteiger partial charge in [-0.2, -0.15) is 9.78 Å². The molecule has 0 N–H and O–H groups in total. The fraction of sp³-hybridized carbons (Fsp3) is 0.105. The molecule has 1 aromatic heterocycles. The van der Waals surface area contributed by atoms with E-state index in [4.69, 9.17) is 0 Å². The molecule has 1 heterocycles. The average Bonchev–Trinajstić information content (AvgIpc) is 2.61. The van der Waals surface area contributed by atoms with Crippen molar-refractivity contribution in [1.82, 2.24) is 9.66 Å². The van der Waals surface area contributed by atoms with E-state index in [0.29, 0.717) is 23.1 Å². The van der Waals surface area contributed by atoms with Crippen LogP contribution >= 0.6 is 0 Å². The molecule has 0 bridgehead atoms. The van der Waals surface area contributed by atoms with E-state index in [0.717, 1.165) is 5.56 Å². The smallest absolute Gasteiger partial charge is 0.267 e. The lowest BCUT2D eigenvalue weighted by Gasteiger charge is -2.06. The summed E-state index contributed by atoms with van der Waals surface area (Å²) < 4.78 is 1.37. The van der Waals surface area contributed by atoms with Gasteiger partial charge in [0.15, 0.2) is 0 Å². The molecular weight excluding hydrogens is 286 g/mol. The minimum Gasteiger partial charge on any atom is -0.267 e. The van der Waals surface area contributed by atoms with Gasteiger partial charge in [0.05, 0.1) is 10.9 Å². The first-order chi connectivity index (χ1) is 11.3. The predicted octanol–water partition coefficient (Wildman–Crippen LogP) is 3.51. The third-order valence-corrected chi connectivity index (χ3v) is 3.49. The van der Waals surface area contributed by atoms with Crippen molar-refractivity contribution in [3.8, 4) is 0 Å². The summed E-state index contributed by atoms with van der Waals surface area (Å²) in [6.07, 6.45) is 6.01. The zero-order chi connectivity index (χ0) is 16.1. The lowest BCUT2D eigenvalue weighted by Crippen LogP contribution is -2.21. The number of hydrogen-bond donors (Lipinski definition) is 0. The first kappa shape index (κ1) is 14.9. The van der Waals surface area contributed by atoms with Gasteiger partial charge in [0.1, 0.15) is 5.82 Å². The molecule has 0 radical (unpaired) electrons. The maximum atomic E-state index is 12.6. The summed E-state index contributed by atoms with van der Waals surface area (Å²) in [4.78, 5) is 17.1. The van der Waals surface area contributed by atoms with Crippen LogP contribution < -0.4 is 5.56 Å². The van der Waals surface area contributed by atoms with E-state index in [1.807, 2.05) is 67.6 Å². The van der Waals surface area contributed by atoms with Crippen molar-refractivity contribution < 1.29 is 0 Å². The van der Waals surface area contributed by atoms with Crippen LogP contribution in [0.2, 0.25) is 0 Å². The molecule has 0 spiro atoms. The maximum absolute atomic E-state index is 12.6. The molecule has 4 heteroatoms. The highest BCUT2D eigenvalue weighted by Crippen LogP contribution is 2.08. The summed E-state index contributed by atoms with van der Waals surface area (Å²) in [5, 5.41) is 4.85. The second-order valence-electron chi connectivity index (χ2n) is 5.05. The van der Waals surface area contributed by atoms with Crippen LogP contribution in [0.25, 0.3) is 17.0 Å². The molecule has 0 amide bonds. The second kappa shape index (κ2) is 6.83. The van der Waals surface area contributed by atoms with Crippen molar-refractivity contribution in [2.75, 3.05) is 0 Å². The molecule has 23 heavy (non-hydrogen) atoms. The van der Waals surface area contributed by atoms with Crippen LogP contribution in [0.4, 0.5) is 0 Å². The Hall–Kier alpha value is -3.01. The number of allylic oxidation sites excluding steroid dienone is 1. The Balaban J connectivity index is 1.96. The van der Waals surface area contributed by atoms with Gasteiger partial charge in [-0.05, 0) is 23.8 Å². The number of rotatable bonds is 4. The number of hydrogen-bond acceptors (Lipinski definition) is 3. The molecule has 0 aliphatic carbocycles. The van der Waals surface area contributed by atoms with E-state index in [2.05, 4.69) is 10.1 Å². The summed E-state index contributed by atoms with van der Waals surface area (Å²) in [5.74, 6) is 0.651. The van der Waals surface area contributed by atoms with Crippen LogP contribution in [-0.4, -0.2) is 15.9 Å². The van der Waals surface area contributed by atoms with E-state index in [9.17, 15) is 4.79 Å². The molecule has 0 saturated carbocycles. The first-order valence-corrected chi connectivity index (χ1v) is 7.56. The number of aryl methyl sites for hydroxylation is 1. The topological polar surface area (TPSA) is 47.2 Å². The Bertz CT molecular complexity index is 924. The van der Waals surface area contributed by atoms with E-state index >= 15 is 0 Å². The highest BCUT2D eigenvalue weighted by Gasteiger charge is 2.07. The fourth-order valence-electron chi connectivity index (χ4n) is 2.34. The standard InChI is InChI=1S/C19H17N3O/c1-2-18-21-17-13-7-6-12-16(17)19(23)22(18)20-14-8-11-15-9-4-3-5-10-15/h3-14H,2H2,1H3/b11-8+,20-14?. The van der Waals surface area contributed by atoms with Crippen molar-refractivity contribution in [2.45, 2.75) is 13.3 Å². The fourth-order valence-corrected chi connectivity index (χ4v) is 2.34. The SMILES string of the molecule is CCc1nc2ccccc2c(=O)n1N=C/C=C/c1ccccc1. The number of para-hydroxylation sites is 1. The van der Waals surface area contributed by atoms with Gasteiger partial charge in [0.2, 0.25) is 0 Å². The van der Waals surface area contributed by atoms with Crippen LogP contribution in [0.1, 0.15) is 18.3 Å². The van der Waals surface area contributed by atoms with E-state index in [-0.39, 0.29) is 5.56 Å². The summed E-state index contributed by atoms with van der Waals surface area (Å²) in [7, 11) is 0. The average molecular weight is 303 g/mol. The normalized spacial score (nSPS) is 11.7. The molecule has 3 aromatic rings. The minimum atomic E-state index is -0.142. The highest BCUT2D eigenvalue weighted by atomic mass is 16.1. The van der Waals surface area contributed by atoms with Crippen LogP contribution in [0.5, 0.6) is 0 Å². The quantitative estimate of drug-likeness (QED) is 0.692. The monoisotopic (exact) mass is 303 g/mol. The Morgan fingerprint density at radius 2 is 1.83 bits per heavy atom. The van der Waals surface area contributed by atoms with Crippen LogP contribution in [0.3, 0.4) is 0 Å². The molecule has 0 aliphatic heterocycles. The summed E-state index contributed by atoms with van der Waals surface area (Å²) in [6.45, 7) is 1.96. The Labute approximate surface area is 134 Å². The molecule has 114 valence electrons. The van der Waals surface area contributed by atoms with E-state index < -0.39 is 0 Å². The van der Waals surface area contributed by atoms with E-state index in [1.54, 1.807) is 12.3 Å². The molecule has 2 aromatic carbocycles. The van der Waals surface area contributed by atoms with Crippen LogP contribution in [0.15, 0.2) is 70.6 Å². The molecule has 4 nitrogen and oxygen atoms in total. The van der Waals surface area contributed by atoms with Crippen molar-refractivity contribution in [3.05, 3.63) is 82.4 Å². The highest BCUT2D eigenvalue weighted by molar-refractivity contribution is 5.79. The Kier molecular flexibility index (Phi) is 4.43. The third kappa shape index (κ3) is 3.26. The van der Waals surface area contributed by atoms with Crippen LogP contribution in [-0.2, 0) is 6.42 Å². The number of benzene rings is 2. The van der Waals surface area contributed by atoms with E-state index in [1.165, 1.54) is 4.68 Å². The first-order valence-electron chi connectivity index (χ1n) is 7.56. The summed E-state index contributed by atoms with van der Waals surface area (Å²) in [5.41, 5.74) is 1.65. The van der Waals surface area contributed by atoms with Gasteiger partial charge >= 0.3 is 0 Å². The van der Waals surface area contributed by atoms with Gasteiger partial charge in [-0.15, -0.1) is 0 Å².